The first-order chi connectivity index (χ1) is 11.5. The molecule has 1 N–H and O–H groups in total. The third-order valence-corrected chi connectivity index (χ3v) is 4.95. The number of aliphatic imine (C=N–C) groups is 1. The van der Waals surface area contributed by atoms with E-state index in [1.54, 1.807) is 0 Å². The van der Waals surface area contributed by atoms with Crippen molar-refractivity contribution in [3.8, 4) is 11.1 Å². The fraction of sp³-hybridized carbons (Fsp3) is 0.0526. The highest BCUT2D eigenvalue weighted by molar-refractivity contribution is 14.1. The van der Waals surface area contributed by atoms with E-state index < -0.39 is 0 Å². The molecule has 0 unspecified atom stereocenters. The molecule has 24 heavy (non-hydrogen) atoms. The zero-order valence-corrected chi connectivity index (χ0v) is 16.5. The van der Waals surface area contributed by atoms with Crippen LogP contribution in [0.1, 0.15) is 6.42 Å². The molecule has 0 aromatic heterocycles. The van der Waals surface area contributed by atoms with Crippen LogP contribution in [0.4, 0.5) is 5.69 Å². The number of benzene rings is 2. The zero-order chi connectivity index (χ0) is 17.1. The number of allylic oxidation sites excluding steroid dienone is 1. The van der Waals surface area contributed by atoms with Crippen LogP contribution < -0.4 is 5.32 Å². The van der Waals surface area contributed by atoms with E-state index >= 15 is 0 Å². The SMILES string of the molecule is C=C1CC=C(C(=O)Nc2ccccc2-c2ccc(Br)cc2)C(I)=N1. The van der Waals surface area contributed by atoms with Crippen molar-refractivity contribution in [2.45, 2.75) is 6.42 Å². The summed E-state index contributed by atoms with van der Waals surface area (Å²) in [6.07, 6.45) is 2.47. The minimum Gasteiger partial charge on any atom is -0.321 e. The summed E-state index contributed by atoms with van der Waals surface area (Å²) in [7, 11) is 0. The van der Waals surface area contributed by atoms with Crippen LogP contribution in [-0.4, -0.2) is 9.63 Å². The Hall–Kier alpha value is -1.73. The molecule has 0 atom stereocenters. The maximum atomic E-state index is 12.6. The van der Waals surface area contributed by atoms with Gasteiger partial charge in [0.2, 0.25) is 0 Å². The quantitative estimate of drug-likeness (QED) is 0.546. The zero-order valence-electron chi connectivity index (χ0n) is 12.7. The van der Waals surface area contributed by atoms with E-state index in [-0.39, 0.29) is 5.91 Å². The maximum absolute atomic E-state index is 12.6. The van der Waals surface area contributed by atoms with Crippen molar-refractivity contribution in [3.05, 3.63) is 76.9 Å². The standard InChI is InChI=1S/C19H14BrIN2O/c1-12-6-11-16(18(21)22-12)19(24)23-17-5-3-2-4-15(17)13-7-9-14(20)10-8-13/h2-5,7-11H,1,6H2,(H,23,24). The van der Waals surface area contributed by atoms with Gasteiger partial charge in [0.1, 0.15) is 3.72 Å². The van der Waals surface area contributed by atoms with Gasteiger partial charge in [-0.3, -0.25) is 4.79 Å². The summed E-state index contributed by atoms with van der Waals surface area (Å²) in [6, 6.07) is 15.8. The molecule has 0 radical (unpaired) electrons. The number of para-hydroxylation sites is 1. The van der Waals surface area contributed by atoms with Gasteiger partial charge in [0.05, 0.1) is 5.57 Å². The molecule has 3 nitrogen and oxygen atoms in total. The van der Waals surface area contributed by atoms with Crippen molar-refractivity contribution in [1.82, 2.24) is 0 Å². The van der Waals surface area contributed by atoms with Gasteiger partial charge in [-0.05, 0) is 46.4 Å². The second-order valence-corrected chi connectivity index (χ2v) is 7.23. The molecule has 1 aliphatic heterocycles. The number of rotatable bonds is 3. The van der Waals surface area contributed by atoms with Crippen molar-refractivity contribution in [2.24, 2.45) is 4.99 Å². The Balaban J connectivity index is 1.89. The third kappa shape index (κ3) is 3.84. The summed E-state index contributed by atoms with van der Waals surface area (Å²) >= 11 is 5.51. The molecule has 0 bridgehead atoms. The topological polar surface area (TPSA) is 41.5 Å². The van der Waals surface area contributed by atoms with Crippen molar-refractivity contribution < 1.29 is 4.79 Å². The summed E-state index contributed by atoms with van der Waals surface area (Å²) in [5.74, 6) is -0.153. The number of dihydropyridines is 1. The molecule has 2 aromatic rings. The number of anilines is 1. The molecule has 0 aliphatic carbocycles. The lowest BCUT2D eigenvalue weighted by molar-refractivity contribution is -0.112. The smallest absolute Gasteiger partial charge is 0.258 e. The second kappa shape index (κ2) is 7.44. The first kappa shape index (κ1) is 17.1. The molecule has 0 saturated heterocycles. The van der Waals surface area contributed by atoms with Gasteiger partial charge in [-0.15, -0.1) is 0 Å². The molecule has 3 rings (SSSR count). The molecule has 0 spiro atoms. The van der Waals surface area contributed by atoms with Gasteiger partial charge in [0, 0.05) is 27.8 Å². The fourth-order valence-corrected chi connectivity index (χ4v) is 3.47. The van der Waals surface area contributed by atoms with Crippen molar-refractivity contribution in [1.29, 1.82) is 0 Å². The van der Waals surface area contributed by atoms with Crippen LogP contribution in [0.3, 0.4) is 0 Å². The van der Waals surface area contributed by atoms with Crippen molar-refractivity contribution >= 4 is 53.8 Å². The van der Waals surface area contributed by atoms with E-state index in [0.29, 0.717) is 15.7 Å². The molecule has 1 heterocycles. The normalized spacial score (nSPS) is 14.0. The Morgan fingerprint density at radius 3 is 2.58 bits per heavy atom. The van der Waals surface area contributed by atoms with E-state index in [4.69, 9.17) is 0 Å². The van der Waals surface area contributed by atoms with Gasteiger partial charge in [-0.25, -0.2) is 4.99 Å². The number of carbonyl (C=O) groups excluding carboxylic acids is 1. The van der Waals surface area contributed by atoms with Crippen molar-refractivity contribution in [2.75, 3.05) is 5.32 Å². The van der Waals surface area contributed by atoms with Crippen LogP contribution in [0.15, 0.2) is 81.9 Å². The van der Waals surface area contributed by atoms with Gasteiger partial charge >= 0.3 is 0 Å². The molecule has 0 fully saturated rings. The largest absolute Gasteiger partial charge is 0.321 e. The van der Waals surface area contributed by atoms with Gasteiger partial charge in [0.25, 0.3) is 5.91 Å². The minimum absolute atomic E-state index is 0.153. The van der Waals surface area contributed by atoms with Crippen LogP contribution in [0.25, 0.3) is 11.1 Å². The Morgan fingerprint density at radius 1 is 1.17 bits per heavy atom. The van der Waals surface area contributed by atoms with E-state index in [9.17, 15) is 4.79 Å². The molecule has 5 heteroatoms. The number of nitrogens with one attached hydrogen (secondary N) is 1. The number of halogens is 2. The number of nitrogens with zero attached hydrogens (tertiary/aromatic N) is 1. The van der Waals surface area contributed by atoms with Gasteiger partial charge < -0.3 is 5.32 Å². The number of amides is 1. The molecule has 1 amide bonds. The Morgan fingerprint density at radius 2 is 1.88 bits per heavy atom. The Kier molecular flexibility index (Phi) is 5.30. The van der Waals surface area contributed by atoms with E-state index in [1.165, 1.54) is 0 Å². The predicted octanol–water partition coefficient (Wildman–Crippen LogP) is 5.73. The lowest BCUT2D eigenvalue weighted by Gasteiger charge is -2.15. The van der Waals surface area contributed by atoms with Crippen LogP contribution in [-0.2, 0) is 4.79 Å². The highest BCUT2D eigenvalue weighted by atomic mass is 127. The molecule has 0 saturated carbocycles. The molecule has 1 aliphatic rings. The number of hydrogen-bond acceptors (Lipinski definition) is 2. The maximum Gasteiger partial charge on any atom is 0.258 e. The highest BCUT2D eigenvalue weighted by Gasteiger charge is 2.18. The summed E-state index contributed by atoms with van der Waals surface area (Å²) in [5, 5.41) is 3.00. The van der Waals surface area contributed by atoms with E-state index in [1.807, 2.05) is 54.6 Å². The van der Waals surface area contributed by atoms with E-state index in [2.05, 4.69) is 55.4 Å². The fourth-order valence-electron chi connectivity index (χ4n) is 2.40. The minimum atomic E-state index is -0.153. The molecular formula is C19H14BrIN2O. The monoisotopic (exact) mass is 492 g/mol. The first-order valence-corrected chi connectivity index (χ1v) is 9.20. The Labute approximate surface area is 162 Å². The lowest BCUT2D eigenvalue weighted by Crippen LogP contribution is -2.20. The summed E-state index contributed by atoms with van der Waals surface area (Å²) in [5.41, 5.74) is 4.16. The van der Waals surface area contributed by atoms with Crippen LogP contribution in [0, 0.1) is 0 Å². The first-order valence-electron chi connectivity index (χ1n) is 7.33. The van der Waals surface area contributed by atoms with Gasteiger partial charge in [-0.1, -0.05) is 58.9 Å². The predicted molar refractivity (Wildman–Crippen MR) is 112 cm³/mol. The molecule has 2 aromatic carbocycles. The second-order valence-electron chi connectivity index (χ2n) is 5.30. The van der Waals surface area contributed by atoms with Crippen LogP contribution in [0.5, 0.6) is 0 Å². The summed E-state index contributed by atoms with van der Waals surface area (Å²) in [4.78, 5) is 16.9. The van der Waals surface area contributed by atoms with Gasteiger partial charge in [0.15, 0.2) is 0 Å². The van der Waals surface area contributed by atoms with E-state index in [0.717, 1.165) is 27.0 Å². The highest BCUT2D eigenvalue weighted by Crippen LogP contribution is 2.30. The Bertz CT molecular complexity index is 869. The average molecular weight is 493 g/mol. The number of carbonyl (C=O) groups is 1. The molecular weight excluding hydrogens is 479 g/mol. The lowest BCUT2D eigenvalue weighted by atomic mass is 10.0. The summed E-state index contributed by atoms with van der Waals surface area (Å²) < 4.78 is 1.69. The molecule has 120 valence electrons. The number of hydrogen-bond donors (Lipinski definition) is 1. The van der Waals surface area contributed by atoms with Crippen molar-refractivity contribution in [3.63, 3.8) is 0 Å². The van der Waals surface area contributed by atoms with Gasteiger partial charge in [-0.2, -0.15) is 0 Å². The van der Waals surface area contributed by atoms with Crippen LogP contribution in [0.2, 0.25) is 0 Å². The average Bonchev–Trinajstić information content (AvgIpc) is 2.56. The van der Waals surface area contributed by atoms with Crippen LogP contribution >= 0.6 is 38.5 Å². The summed E-state index contributed by atoms with van der Waals surface area (Å²) in [6.45, 7) is 3.83. The third-order valence-electron chi connectivity index (χ3n) is 3.60.